The van der Waals surface area contributed by atoms with Gasteiger partial charge in [-0.25, -0.2) is 0 Å². The fraction of sp³-hybridized carbons (Fsp3) is 0.667. The summed E-state index contributed by atoms with van der Waals surface area (Å²) in [4.78, 5) is 14.2. The van der Waals surface area contributed by atoms with Gasteiger partial charge in [-0.05, 0) is 23.8 Å². The molecule has 0 amide bonds. The van der Waals surface area contributed by atoms with Gasteiger partial charge in [-0.2, -0.15) is 0 Å². The highest BCUT2D eigenvalue weighted by Gasteiger charge is 2.27. The minimum atomic E-state index is -0.498. The van der Waals surface area contributed by atoms with Crippen LogP contribution in [0, 0.1) is 17.0 Å². The summed E-state index contributed by atoms with van der Waals surface area (Å²) in [5, 5.41) is 13.9. The van der Waals surface area contributed by atoms with Crippen LogP contribution in [0.2, 0.25) is 0 Å². The minimum Gasteiger partial charge on any atom is -0.358 e. The predicted molar refractivity (Wildman–Crippen MR) is 61.4 cm³/mol. The Morgan fingerprint density at radius 3 is 2.62 bits per heavy atom. The number of aryl methyl sites for hydroxylation is 1. The number of rotatable bonds is 4. The van der Waals surface area contributed by atoms with E-state index in [4.69, 9.17) is 5.73 Å². The van der Waals surface area contributed by atoms with Crippen LogP contribution in [-0.4, -0.2) is 26.6 Å². The normalized spacial score (nSPS) is 11.6. The molecular weight excluding hydrogens is 210 g/mol. The van der Waals surface area contributed by atoms with E-state index >= 15 is 0 Å². The molecule has 0 aliphatic carbocycles. The first-order valence-corrected chi connectivity index (χ1v) is 4.94. The largest absolute Gasteiger partial charge is 0.406 e. The average Bonchev–Trinajstić information content (AvgIpc) is 2.46. The highest BCUT2D eigenvalue weighted by atomic mass is 16.6. The Bertz CT molecular complexity index is 410. The smallest absolute Gasteiger partial charge is 0.358 e. The van der Waals surface area contributed by atoms with E-state index in [0.717, 1.165) is 0 Å². The van der Waals surface area contributed by atoms with Gasteiger partial charge >= 0.3 is 5.82 Å². The van der Waals surface area contributed by atoms with Crippen molar-refractivity contribution in [1.82, 2.24) is 9.55 Å². The molecule has 1 aromatic heterocycles. The lowest BCUT2D eigenvalue weighted by molar-refractivity contribution is -0.388. The zero-order chi connectivity index (χ0) is 12.5. The quantitative estimate of drug-likeness (QED) is 0.585. The van der Waals surface area contributed by atoms with E-state index in [9.17, 15) is 10.1 Å². The topological polar surface area (TPSA) is 99.0 Å². The van der Waals surface area contributed by atoms with Crippen molar-refractivity contribution >= 4 is 11.6 Å². The number of nitrogens with one attached hydrogen (secondary N) is 1. The molecule has 0 spiro atoms. The van der Waals surface area contributed by atoms with Crippen LogP contribution in [0.3, 0.4) is 0 Å². The van der Waals surface area contributed by atoms with E-state index in [1.54, 1.807) is 18.5 Å². The second-order valence-electron chi connectivity index (χ2n) is 4.36. The lowest BCUT2D eigenvalue weighted by atomic mass is 10.1. The summed E-state index contributed by atoms with van der Waals surface area (Å²) in [7, 11) is 1.73. The Morgan fingerprint density at radius 1 is 1.62 bits per heavy atom. The van der Waals surface area contributed by atoms with Crippen molar-refractivity contribution in [3.63, 3.8) is 0 Å². The number of nitrogens with zero attached hydrogens (tertiary/aromatic N) is 3. The molecule has 0 atom stereocenters. The zero-order valence-electron chi connectivity index (χ0n) is 9.94. The van der Waals surface area contributed by atoms with Gasteiger partial charge in [-0.1, -0.05) is 0 Å². The average molecular weight is 227 g/mol. The summed E-state index contributed by atoms with van der Waals surface area (Å²) in [5.74, 6) is 0.807. The Morgan fingerprint density at radius 2 is 2.19 bits per heavy atom. The summed E-state index contributed by atoms with van der Waals surface area (Å²) < 4.78 is 1.65. The van der Waals surface area contributed by atoms with Gasteiger partial charge in [0.05, 0.1) is 0 Å². The van der Waals surface area contributed by atoms with Crippen molar-refractivity contribution < 1.29 is 4.92 Å². The first-order chi connectivity index (χ1) is 7.28. The monoisotopic (exact) mass is 227 g/mol. The highest BCUT2D eigenvalue weighted by molar-refractivity contribution is 5.55. The van der Waals surface area contributed by atoms with Crippen LogP contribution in [0.4, 0.5) is 11.6 Å². The van der Waals surface area contributed by atoms with Crippen LogP contribution in [0.15, 0.2) is 0 Å². The molecule has 0 saturated heterocycles. The molecule has 3 N–H and O–H groups in total. The van der Waals surface area contributed by atoms with Gasteiger partial charge < -0.3 is 21.2 Å². The van der Waals surface area contributed by atoms with Gasteiger partial charge in [0.2, 0.25) is 11.6 Å². The Hall–Kier alpha value is -1.63. The van der Waals surface area contributed by atoms with Crippen molar-refractivity contribution in [3.8, 4) is 0 Å². The second-order valence-corrected chi connectivity index (χ2v) is 4.36. The van der Waals surface area contributed by atoms with Crippen molar-refractivity contribution in [2.75, 3.05) is 11.9 Å². The van der Waals surface area contributed by atoms with Gasteiger partial charge in [0, 0.05) is 26.1 Å². The first-order valence-electron chi connectivity index (χ1n) is 4.94. The summed E-state index contributed by atoms with van der Waals surface area (Å²) >= 11 is 0. The molecule has 0 bridgehead atoms. The van der Waals surface area contributed by atoms with E-state index in [1.807, 2.05) is 13.8 Å². The third-order valence-corrected chi connectivity index (χ3v) is 2.44. The molecule has 0 fully saturated rings. The van der Waals surface area contributed by atoms with E-state index in [0.29, 0.717) is 18.2 Å². The van der Waals surface area contributed by atoms with Crippen LogP contribution in [0.25, 0.3) is 0 Å². The van der Waals surface area contributed by atoms with Crippen molar-refractivity contribution in [1.29, 1.82) is 0 Å². The zero-order valence-corrected chi connectivity index (χ0v) is 9.94. The van der Waals surface area contributed by atoms with Gasteiger partial charge in [-0.3, -0.25) is 4.57 Å². The van der Waals surface area contributed by atoms with Gasteiger partial charge in [-0.15, -0.1) is 0 Å². The lowest BCUT2D eigenvalue weighted by Gasteiger charge is -2.24. The SMILES string of the molecule is Cc1nc([N+](=O)[O-])c(NC(C)(C)CN)n1C. The number of anilines is 1. The van der Waals surface area contributed by atoms with Crippen LogP contribution in [0.5, 0.6) is 0 Å². The molecule has 90 valence electrons. The molecule has 7 nitrogen and oxygen atoms in total. The standard InChI is InChI=1S/C9H17N5O2/c1-6-11-7(14(15)16)8(13(6)4)12-9(2,3)5-10/h12H,5,10H2,1-4H3. The molecule has 0 unspecified atom stereocenters. The molecule has 1 heterocycles. The van der Waals surface area contributed by atoms with Crippen molar-refractivity contribution in [2.45, 2.75) is 26.3 Å². The molecule has 1 aromatic rings. The number of aromatic nitrogens is 2. The van der Waals surface area contributed by atoms with Crippen LogP contribution in [0.1, 0.15) is 19.7 Å². The maximum Gasteiger partial charge on any atom is 0.406 e. The Labute approximate surface area is 93.8 Å². The number of imidazole rings is 1. The first kappa shape index (κ1) is 12.4. The molecule has 0 aromatic carbocycles. The summed E-state index contributed by atoms with van der Waals surface area (Å²) in [6, 6.07) is 0. The van der Waals surface area contributed by atoms with Gasteiger partial charge in [0.1, 0.15) is 0 Å². The molecule has 7 heteroatoms. The van der Waals surface area contributed by atoms with E-state index in [2.05, 4.69) is 10.3 Å². The van der Waals surface area contributed by atoms with Crippen LogP contribution >= 0.6 is 0 Å². The second kappa shape index (κ2) is 4.09. The molecule has 0 aliphatic rings. The molecular formula is C9H17N5O2. The van der Waals surface area contributed by atoms with Crippen LogP contribution in [-0.2, 0) is 7.05 Å². The van der Waals surface area contributed by atoms with Crippen molar-refractivity contribution in [2.24, 2.45) is 12.8 Å². The summed E-state index contributed by atoms with van der Waals surface area (Å²) in [6.07, 6.45) is 0. The van der Waals surface area contributed by atoms with E-state index in [-0.39, 0.29) is 5.82 Å². The molecule has 1 rings (SSSR count). The molecule has 0 saturated carbocycles. The number of nitrogens with two attached hydrogens (primary N) is 1. The van der Waals surface area contributed by atoms with E-state index < -0.39 is 10.5 Å². The van der Waals surface area contributed by atoms with Crippen molar-refractivity contribution in [3.05, 3.63) is 15.9 Å². The Balaban J connectivity index is 3.16. The number of nitro groups is 1. The van der Waals surface area contributed by atoms with Gasteiger partial charge in [0.15, 0.2) is 0 Å². The summed E-state index contributed by atoms with van der Waals surface area (Å²) in [5.41, 5.74) is 5.16. The third kappa shape index (κ3) is 2.30. The maximum atomic E-state index is 10.8. The maximum absolute atomic E-state index is 10.8. The fourth-order valence-corrected chi connectivity index (χ4v) is 1.23. The predicted octanol–water partition coefficient (Wildman–Crippen LogP) is 0.786. The minimum absolute atomic E-state index is 0.165. The summed E-state index contributed by atoms with van der Waals surface area (Å²) in [6.45, 7) is 5.83. The third-order valence-electron chi connectivity index (χ3n) is 2.44. The van der Waals surface area contributed by atoms with Gasteiger partial charge in [0.25, 0.3) is 0 Å². The fourth-order valence-electron chi connectivity index (χ4n) is 1.23. The Kier molecular flexibility index (Phi) is 3.18. The molecule has 0 aliphatic heterocycles. The van der Waals surface area contributed by atoms with E-state index in [1.165, 1.54) is 0 Å². The molecule has 16 heavy (non-hydrogen) atoms. The number of hydrogen-bond acceptors (Lipinski definition) is 5. The molecule has 0 radical (unpaired) electrons. The highest BCUT2D eigenvalue weighted by Crippen LogP contribution is 2.26. The lowest BCUT2D eigenvalue weighted by Crippen LogP contribution is -2.39. The number of hydrogen-bond donors (Lipinski definition) is 2. The van der Waals surface area contributed by atoms with Crippen LogP contribution < -0.4 is 11.1 Å².